The molecule has 9 nitrogen and oxygen atoms in total. The highest BCUT2D eigenvalue weighted by Crippen LogP contribution is 2.40. The Morgan fingerprint density at radius 1 is 1.13 bits per heavy atom. The summed E-state index contributed by atoms with van der Waals surface area (Å²) in [6, 6.07) is 9.05. The van der Waals surface area contributed by atoms with Crippen molar-refractivity contribution in [3.8, 4) is 0 Å². The van der Waals surface area contributed by atoms with Crippen molar-refractivity contribution in [2.45, 2.75) is 69.7 Å². The van der Waals surface area contributed by atoms with Gasteiger partial charge in [-0.1, -0.05) is 30.3 Å². The number of ether oxygens (including phenoxy) is 5. The van der Waals surface area contributed by atoms with Crippen molar-refractivity contribution in [3.05, 3.63) is 35.9 Å². The topological polar surface area (TPSA) is 104 Å². The van der Waals surface area contributed by atoms with Gasteiger partial charge in [-0.15, -0.1) is 0 Å². The van der Waals surface area contributed by atoms with Crippen LogP contribution in [-0.4, -0.2) is 69.1 Å². The van der Waals surface area contributed by atoms with Crippen molar-refractivity contribution < 1.29 is 33.3 Å². The van der Waals surface area contributed by atoms with E-state index >= 15 is 0 Å². The summed E-state index contributed by atoms with van der Waals surface area (Å²) in [5, 5.41) is 5.98. The number of methoxy groups -OCH3 is 2. The maximum absolute atomic E-state index is 12.9. The normalized spacial score (nSPS) is 28.5. The summed E-state index contributed by atoms with van der Waals surface area (Å²) in [7, 11) is 2.83. The van der Waals surface area contributed by atoms with Gasteiger partial charge in [0, 0.05) is 19.6 Å². The third-order valence-electron chi connectivity index (χ3n) is 5.51. The summed E-state index contributed by atoms with van der Waals surface area (Å²) in [6.07, 6.45) is -1.45. The first-order chi connectivity index (χ1) is 14.7. The second kappa shape index (κ2) is 10.1. The summed E-state index contributed by atoms with van der Waals surface area (Å²) in [6.45, 7) is 5.44. The van der Waals surface area contributed by atoms with Gasteiger partial charge < -0.3 is 29.0 Å². The average Bonchev–Trinajstić information content (AvgIpc) is 3.24. The first-order valence-electron chi connectivity index (χ1n) is 10.4. The number of carbonyl (C=O) groups excluding carboxylic acids is 2. The lowest BCUT2D eigenvalue weighted by molar-refractivity contribution is -0.228. The minimum Gasteiger partial charge on any atom is -0.468 e. The van der Waals surface area contributed by atoms with Crippen LogP contribution in [0.5, 0.6) is 0 Å². The van der Waals surface area contributed by atoms with E-state index in [4.69, 9.17) is 18.9 Å². The highest BCUT2D eigenvalue weighted by molar-refractivity contribution is 5.85. The third kappa shape index (κ3) is 5.81. The Hall–Kier alpha value is -2.04. The molecule has 2 N–H and O–H groups in total. The zero-order valence-electron chi connectivity index (χ0n) is 18.6. The zero-order chi connectivity index (χ0) is 22.6. The van der Waals surface area contributed by atoms with E-state index in [-0.39, 0.29) is 30.7 Å². The SMILES string of the molecule is COC(=O)CNC(=O)[C@H](C[C@H]1O[C@H](OC)[C@H]2OC(C)(C)O[C@H]21)N[C@@H](C)c1ccccc1. The van der Waals surface area contributed by atoms with Crippen molar-refractivity contribution in [2.24, 2.45) is 0 Å². The second-order valence-electron chi connectivity index (χ2n) is 8.22. The molecular weight excluding hydrogens is 404 g/mol. The monoisotopic (exact) mass is 436 g/mol. The molecule has 2 heterocycles. The molecule has 2 aliphatic rings. The summed E-state index contributed by atoms with van der Waals surface area (Å²) < 4.78 is 28.0. The summed E-state index contributed by atoms with van der Waals surface area (Å²) >= 11 is 0. The van der Waals surface area contributed by atoms with E-state index < -0.39 is 30.2 Å². The third-order valence-corrected chi connectivity index (χ3v) is 5.51. The zero-order valence-corrected chi connectivity index (χ0v) is 18.6. The fourth-order valence-corrected chi connectivity index (χ4v) is 4.00. The first-order valence-corrected chi connectivity index (χ1v) is 10.4. The molecule has 9 heteroatoms. The molecule has 1 amide bonds. The predicted molar refractivity (Wildman–Crippen MR) is 111 cm³/mol. The highest BCUT2D eigenvalue weighted by Gasteiger charge is 2.56. The van der Waals surface area contributed by atoms with Crippen LogP contribution in [0.25, 0.3) is 0 Å². The van der Waals surface area contributed by atoms with Crippen LogP contribution in [0.3, 0.4) is 0 Å². The largest absolute Gasteiger partial charge is 0.468 e. The molecule has 31 heavy (non-hydrogen) atoms. The molecule has 0 aliphatic carbocycles. The van der Waals surface area contributed by atoms with E-state index in [1.807, 2.05) is 51.1 Å². The minimum atomic E-state index is -0.762. The number of carbonyl (C=O) groups is 2. The summed E-state index contributed by atoms with van der Waals surface area (Å²) in [4.78, 5) is 24.4. The van der Waals surface area contributed by atoms with E-state index in [0.717, 1.165) is 5.56 Å². The molecule has 172 valence electrons. The first kappa shape index (κ1) is 23.6. The van der Waals surface area contributed by atoms with Crippen molar-refractivity contribution in [1.29, 1.82) is 0 Å². The van der Waals surface area contributed by atoms with Crippen molar-refractivity contribution in [1.82, 2.24) is 10.6 Å². The number of rotatable bonds is 9. The van der Waals surface area contributed by atoms with Gasteiger partial charge in [0.05, 0.1) is 19.3 Å². The number of hydrogen-bond acceptors (Lipinski definition) is 8. The Morgan fingerprint density at radius 2 is 1.81 bits per heavy atom. The Labute approximate surface area is 182 Å². The van der Waals surface area contributed by atoms with Crippen LogP contribution in [0.15, 0.2) is 30.3 Å². The standard InChI is InChI=1S/C22H32N2O7/c1-13(14-9-7-6-8-10-14)24-15(20(26)23-12-17(25)27-4)11-16-18-19(21(28-5)29-16)31-22(2,3)30-18/h6-10,13,15-16,18-19,21,24H,11-12H2,1-5H3,(H,23,26)/t13-,15-,16+,18-,19-,21-/m0/s1. The van der Waals surface area contributed by atoms with Crippen LogP contribution in [0, 0.1) is 0 Å². The molecule has 0 unspecified atom stereocenters. The van der Waals surface area contributed by atoms with Crippen molar-refractivity contribution in [3.63, 3.8) is 0 Å². The maximum atomic E-state index is 12.9. The predicted octanol–water partition coefficient (Wildman–Crippen LogP) is 1.28. The van der Waals surface area contributed by atoms with Crippen LogP contribution in [0.4, 0.5) is 0 Å². The molecule has 0 radical (unpaired) electrons. The molecule has 1 aromatic carbocycles. The van der Waals surface area contributed by atoms with E-state index in [1.54, 1.807) is 7.11 Å². The molecule has 0 spiro atoms. The molecule has 2 fully saturated rings. The minimum absolute atomic E-state index is 0.109. The van der Waals surface area contributed by atoms with Gasteiger partial charge in [0.15, 0.2) is 12.1 Å². The number of fused-ring (bicyclic) bond motifs is 1. The lowest BCUT2D eigenvalue weighted by Crippen LogP contribution is -2.49. The van der Waals surface area contributed by atoms with Gasteiger partial charge in [-0.2, -0.15) is 0 Å². The molecule has 1 aromatic rings. The number of benzene rings is 1. The Balaban J connectivity index is 1.74. The van der Waals surface area contributed by atoms with Gasteiger partial charge in [0.2, 0.25) is 5.91 Å². The smallest absolute Gasteiger partial charge is 0.325 e. The molecular formula is C22H32N2O7. The number of hydrogen-bond donors (Lipinski definition) is 2. The highest BCUT2D eigenvalue weighted by atomic mass is 16.8. The Morgan fingerprint density at radius 3 is 2.45 bits per heavy atom. The van der Waals surface area contributed by atoms with Crippen LogP contribution in [0.1, 0.15) is 38.8 Å². The second-order valence-corrected chi connectivity index (χ2v) is 8.22. The lowest BCUT2D eigenvalue weighted by Gasteiger charge is -2.28. The van der Waals surface area contributed by atoms with Gasteiger partial charge in [-0.05, 0) is 26.3 Å². The molecule has 0 saturated carbocycles. The molecule has 0 bridgehead atoms. The van der Waals surface area contributed by atoms with Crippen LogP contribution in [0.2, 0.25) is 0 Å². The summed E-state index contributed by atoms with van der Waals surface area (Å²) in [5.41, 5.74) is 1.04. The number of esters is 1. The van der Waals surface area contributed by atoms with Crippen LogP contribution < -0.4 is 10.6 Å². The Kier molecular flexibility index (Phi) is 7.66. The number of amides is 1. The quantitative estimate of drug-likeness (QED) is 0.558. The van der Waals surface area contributed by atoms with Gasteiger partial charge in [0.25, 0.3) is 0 Å². The van der Waals surface area contributed by atoms with Gasteiger partial charge >= 0.3 is 5.97 Å². The molecule has 3 rings (SSSR count). The average molecular weight is 437 g/mol. The van der Waals surface area contributed by atoms with E-state index in [1.165, 1.54) is 7.11 Å². The van der Waals surface area contributed by atoms with Crippen LogP contribution >= 0.6 is 0 Å². The molecule has 2 saturated heterocycles. The van der Waals surface area contributed by atoms with Crippen LogP contribution in [-0.2, 0) is 33.3 Å². The molecule has 2 aliphatic heterocycles. The molecule has 6 atom stereocenters. The van der Waals surface area contributed by atoms with Gasteiger partial charge in [0.1, 0.15) is 18.8 Å². The van der Waals surface area contributed by atoms with Crippen molar-refractivity contribution >= 4 is 11.9 Å². The van der Waals surface area contributed by atoms with E-state index in [0.29, 0.717) is 6.42 Å². The fourth-order valence-electron chi connectivity index (χ4n) is 4.00. The Bertz CT molecular complexity index is 757. The lowest BCUT2D eigenvalue weighted by atomic mass is 10.0. The van der Waals surface area contributed by atoms with Crippen molar-refractivity contribution in [2.75, 3.05) is 20.8 Å². The van der Waals surface area contributed by atoms with E-state index in [9.17, 15) is 9.59 Å². The fraction of sp³-hybridized carbons (Fsp3) is 0.636. The summed E-state index contributed by atoms with van der Waals surface area (Å²) in [5.74, 6) is -1.61. The van der Waals surface area contributed by atoms with Gasteiger partial charge in [-0.3, -0.25) is 14.9 Å². The molecule has 0 aromatic heterocycles. The maximum Gasteiger partial charge on any atom is 0.325 e. The number of nitrogens with one attached hydrogen (secondary N) is 2. The van der Waals surface area contributed by atoms with Gasteiger partial charge in [-0.25, -0.2) is 0 Å². The van der Waals surface area contributed by atoms with E-state index in [2.05, 4.69) is 15.4 Å².